The minimum absolute atomic E-state index is 0.165. The third-order valence-electron chi connectivity index (χ3n) is 3.55. The molecule has 0 aromatic heterocycles. The molecule has 0 spiro atoms. The minimum atomic E-state index is -0.691. The number of rotatable bonds is 3. The number of carbonyl (C=O) groups excluding carboxylic acids is 2. The predicted molar refractivity (Wildman–Crippen MR) is 71.3 cm³/mol. The van der Waals surface area contributed by atoms with E-state index in [1.165, 1.54) is 19.1 Å². The van der Waals surface area contributed by atoms with Gasteiger partial charge in [-0.25, -0.2) is 4.39 Å². The van der Waals surface area contributed by atoms with Crippen LogP contribution in [0.2, 0.25) is 0 Å². The van der Waals surface area contributed by atoms with E-state index < -0.39 is 12.1 Å². The van der Waals surface area contributed by atoms with Crippen LogP contribution in [0.3, 0.4) is 0 Å². The molecule has 1 heterocycles. The van der Waals surface area contributed by atoms with E-state index in [4.69, 9.17) is 4.74 Å². The van der Waals surface area contributed by atoms with Crippen LogP contribution >= 0.6 is 0 Å². The van der Waals surface area contributed by atoms with Gasteiger partial charge in [0.2, 0.25) is 0 Å². The zero-order valence-electron chi connectivity index (χ0n) is 11.6. The normalized spacial score (nSPS) is 20.6. The predicted octanol–water partition coefficient (Wildman–Crippen LogP) is 2.44. The third kappa shape index (κ3) is 3.15. The first kappa shape index (κ1) is 14.5. The molecule has 0 aliphatic carbocycles. The topological polar surface area (TPSA) is 46.6 Å². The number of esters is 1. The highest BCUT2D eigenvalue weighted by atomic mass is 19.1. The average molecular weight is 279 g/mol. The standard InChI is InChI=1S/C15H18FNO3/c1-10(12-5-7-13(16)8-6-12)17-9-3-4-14(15(17)19)20-11(2)18/h5-8,10,14H,3-4,9H2,1-2H3/t10-,14?/m0/s1. The summed E-state index contributed by atoms with van der Waals surface area (Å²) < 4.78 is 18.0. The highest BCUT2D eigenvalue weighted by Gasteiger charge is 2.33. The van der Waals surface area contributed by atoms with E-state index >= 15 is 0 Å². The van der Waals surface area contributed by atoms with Crippen LogP contribution in [0.15, 0.2) is 24.3 Å². The molecular weight excluding hydrogens is 261 g/mol. The quantitative estimate of drug-likeness (QED) is 0.798. The van der Waals surface area contributed by atoms with E-state index in [9.17, 15) is 14.0 Å². The van der Waals surface area contributed by atoms with Crippen molar-refractivity contribution >= 4 is 11.9 Å². The summed E-state index contributed by atoms with van der Waals surface area (Å²) in [7, 11) is 0. The SMILES string of the molecule is CC(=O)OC1CCCN([C@@H](C)c2ccc(F)cc2)C1=O. The smallest absolute Gasteiger partial charge is 0.303 e. The number of hydrogen-bond donors (Lipinski definition) is 0. The Labute approximate surface area is 117 Å². The van der Waals surface area contributed by atoms with Gasteiger partial charge in [-0.1, -0.05) is 12.1 Å². The lowest BCUT2D eigenvalue weighted by atomic mass is 10.0. The van der Waals surface area contributed by atoms with Crippen LogP contribution in [0.25, 0.3) is 0 Å². The molecule has 0 N–H and O–H groups in total. The minimum Gasteiger partial charge on any atom is -0.452 e. The van der Waals surface area contributed by atoms with E-state index in [1.54, 1.807) is 17.0 Å². The van der Waals surface area contributed by atoms with Gasteiger partial charge < -0.3 is 9.64 Å². The molecule has 1 aliphatic rings. The summed E-state index contributed by atoms with van der Waals surface area (Å²) >= 11 is 0. The van der Waals surface area contributed by atoms with Crippen LogP contribution < -0.4 is 0 Å². The summed E-state index contributed by atoms with van der Waals surface area (Å²) in [5.41, 5.74) is 0.864. The fourth-order valence-corrected chi connectivity index (χ4v) is 2.48. The molecule has 2 atom stereocenters. The van der Waals surface area contributed by atoms with Crippen molar-refractivity contribution in [1.29, 1.82) is 0 Å². The number of ether oxygens (including phenoxy) is 1. The van der Waals surface area contributed by atoms with Crippen LogP contribution in [-0.4, -0.2) is 29.4 Å². The lowest BCUT2D eigenvalue weighted by molar-refractivity contribution is -0.163. The molecule has 2 rings (SSSR count). The van der Waals surface area contributed by atoms with Crippen molar-refractivity contribution in [3.05, 3.63) is 35.6 Å². The maximum Gasteiger partial charge on any atom is 0.303 e. The average Bonchev–Trinajstić information content (AvgIpc) is 2.41. The van der Waals surface area contributed by atoms with Gasteiger partial charge in [-0.05, 0) is 37.5 Å². The Morgan fingerprint density at radius 2 is 2.05 bits per heavy atom. The van der Waals surface area contributed by atoms with Gasteiger partial charge in [0.05, 0.1) is 6.04 Å². The number of halogens is 1. The van der Waals surface area contributed by atoms with E-state index in [1.807, 2.05) is 6.92 Å². The Hall–Kier alpha value is -1.91. The summed E-state index contributed by atoms with van der Waals surface area (Å²) in [6.45, 7) is 3.81. The highest BCUT2D eigenvalue weighted by Crippen LogP contribution is 2.26. The molecule has 0 radical (unpaired) electrons. The highest BCUT2D eigenvalue weighted by molar-refractivity contribution is 5.84. The molecule has 1 saturated heterocycles. The summed E-state index contributed by atoms with van der Waals surface area (Å²) in [6.07, 6.45) is 0.657. The Morgan fingerprint density at radius 3 is 2.65 bits per heavy atom. The van der Waals surface area contributed by atoms with Crippen molar-refractivity contribution in [3.8, 4) is 0 Å². The summed E-state index contributed by atoms with van der Waals surface area (Å²) in [5, 5.41) is 0. The first-order valence-electron chi connectivity index (χ1n) is 6.72. The van der Waals surface area contributed by atoms with Crippen molar-refractivity contribution in [2.45, 2.75) is 38.8 Å². The number of nitrogens with zero attached hydrogens (tertiary/aromatic N) is 1. The molecule has 1 aromatic carbocycles. The van der Waals surface area contributed by atoms with E-state index in [0.717, 1.165) is 12.0 Å². The summed E-state index contributed by atoms with van der Waals surface area (Å²) in [6, 6.07) is 5.93. The van der Waals surface area contributed by atoms with E-state index in [2.05, 4.69) is 0 Å². The largest absolute Gasteiger partial charge is 0.452 e. The third-order valence-corrected chi connectivity index (χ3v) is 3.55. The van der Waals surface area contributed by atoms with Crippen LogP contribution in [-0.2, 0) is 14.3 Å². The molecule has 1 amide bonds. The van der Waals surface area contributed by atoms with Crippen LogP contribution in [0.5, 0.6) is 0 Å². The van der Waals surface area contributed by atoms with Crippen LogP contribution in [0.1, 0.15) is 38.3 Å². The number of amides is 1. The van der Waals surface area contributed by atoms with E-state index in [-0.39, 0.29) is 17.8 Å². The lowest BCUT2D eigenvalue weighted by Gasteiger charge is -2.36. The Morgan fingerprint density at radius 1 is 1.40 bits per heavy atom. The maximum absolute atomic E-state index is 12.9. The monoisotopic (exact) mass is 279 g/mol. The molecule has 0 bridgehead atoms. The number of likely N-dealkylation sites (tertiary alicyclic amines) is 1. The van der Waals surface area contributed by atoms with Crippen molar-refractivity contribution in [3.63, 3.8) is 0 Å². The molecule has 5 heteroatoms. The van der Waals surface area contributed by atoms with Crippen molar-refractivity contribution < 1.29 is 18.7 Å². The maximum atomic E-state index is 12.9. The zero-order chi connectivity index (χ0) is 14.7. The number of benzene rings is 1. The Kier molecular flexibility index (Phi) is 4.37. The van der Waals surface area contributed by atoms with Crippen LogP contribution in [0.4, 0.5) is 4.39 Å². The molecule has 1 unspecified atom stereocenters. The molecule has 108 valence electrons. The molecule has 20 heavy (non-hydrogen) atoms. The van der Waals surface area contributed by atoms with Crippen molar-refractivity contribution in [1.82, 2.24) is 4.90 Å². The van der Waals surface area contributed by atoms with Crippen molar-refractivity contribution in [2.24, 2.45) is 0 Å². The van der Waals surface area contributed by atoms with Crippen LogP contribution in [0, 0.1) is 5.82 Å². The van der Waals surface area contributed by atoms with Crippen molar-refractivity contribution in [2.75, 3.05) is 6.54 Å². The molecule has 1 aliphatic heterocycles. The van der Waals surface area contributed by atoms with Gasteiger partial charge in [-0.15, -0.1) is 0 Å². The molecule has 4 nitrogen and oxygen atoms in total. The number of hydrogen-bond acceptors (Lipinski definition) is 3. The van der Waals surface area contributed by atoms with Gasteiger partial charge in [0.25, 0.3) is 5.91 Å². The second kappa shape index (κ2) is 6.03. The second-order valence-corrected chi connectivity index (χ2v) is 5.00. The van der Waals surface area contributed by atoms with Gasteiger partial charge in [-0.2, -0.15) is 0 Å². The lowest BCUT2D eigenvalue weighted by Crippen LogP contribution is -2.46. The fourth-order valence-electron chi connectivity index (χ4n) is 2.48. The fraction of sp³-hybridized carbons (Fsp3) is 0.467. The molecule has 1 aromatic rings. The summed E-state index contributed by atoms with van der Waals surface area (Å²) in [5.74, 6) is -0.924. The Bertz CT molecular complexity index is 500. The van der Waals surface area contributed by atoms with Gasteiger partial charge in [0.15, 0.2) is 6.10 Å². The molecular formula is C15H18FNO3. The first-order chi connectivity index (χ1) is 9.49. The zero-order valence-corrected chi connectivity index (χ0v) is 11.6. The van der Waals surface area contributed by atoms with E-state index in [0.29, 0.717) is 13.0 Å². The summed E-state index contributed by atoms with van der Waals surface area (Å²) in [4.78, 5) is 25.0. The van der Waals surface area contributed by atoms with Gasteiger partial charge in [0, 0.05) is 13.5 Å². The molecule has 1 fully saturated rings. The van der Waals surface area contributed by atoms with Gasteiger partial charge in [-0.3, -0.25) is 9.59 Å². The van der Waals surface area contributed by atoms with Gasteiger partial charge >= 0.3 is 5.97 Å². The number of carbonyl (C=O) groups is 2. The Balaban J connectivity index is 2.12. The van der Waals surface area contributed by atoms with Gasteiger partial charge in [0.1, 0.15) is 5.82 Å². The number of piperidine rings is 1. The first-order valence-corrected chi connectivity index (χ1v) is 6.72. The second-order valence-electron chi connectivity index (χ2n) is 5.00. The molecule has 0 saturated carbocycles.